The van der Waals surface area contributed by atoms with Gasteiger partial charge in [-0.05, 0) is 57.4 Å². The second kappa shape index (κ2) is 9.15. The van der Waals surface area contributed by atoms with E-state index in [4.69, 9.17) is 9.47 Å². The average molecular weight is 388 g/mol. The normalized spacial score (nSPS) is 11.4. The summed E-state index contributed by atoms with van der Waals surface area (Å²) in [7, 11) is 2.85. The van der Waals surface area contributed by atoms with Crippen LogP contribution in [0.3, 0.4) is 0 Å². The van der Waals surface area contributed by atoms with Gasteiger partial charge in [0.15, 0.2) is 0 Å². The Kier molecular flexibility index (Phi) is 7.13. The fraction of sp³-hybridized carbons (Fsp3) is 0.455. The monoisotopic (exact) mass is 388 g/mol. The molecule has 152 valence electrons. The summed E-state index contributed by atoms with van der Waals surface area (Å²) >= 11 is 0. The number of esters is 1. The molecule has 0 saturated carbocycles. The van der Waals surface area contributed by atoms with E-state index in [1.165, 1.54) is 14.2 Å². The molecule has 0 atom stereocenters. The van der Waals surface area contributed by atoms with Crippen molar-refractivity contribution in [2.75, 3.05) is 14.2 Å². The molecular weight excluding hydrogens is 359 g/mol. The Hall–Kier alpha value is -2.47. The predicted octanol–water partition coefficient (Wildman–Crippen LogP) is 4.61. The number of rotatable bonds is 7. The Morgan fingerprint density at radius 2 is 1.75 bits per heavy atom. The largest absolute Gasteiger partial charge is 0.481 e. The van der Waals surface area contributed by atoms with E-state index in [2.05, 4.69) is 37.6 Å². The maximum atomic E-state index is 14.7. The number of nitrogens with zero attached hydrogens (tertiary/aromatic N) is 2. The number of aromatic nitrogens is 1. The second-order valence-corrected chi connectivity index (χ2v) is 7.38. The van der Waals surface area contributed by atoms with Crippen molar-refractivity contribution in [2.24, 2.45) is 0 Å². The van der Waals surface area contributed by atoms with Crippen LogP contribution >= 0.6 is 0 Å². The van der Waals surface area contributed by atoms with Crippen molar-refractivity contribution >= 4 is 5.97 Å². The van der Waals surface area contributed by atoms with Gasteiger partial charge in [-0.2, -0.15) is 0 Å². The van der Waals surface area contributed by atoms with E-state index in [0.717, 1.165) is 22.9 Å². The Morgan fingerprint density at radius 3 is 2.29 bits per heavy atom. The number of benzene rings is 1. The zero-order valence-corrected chi connectivity index (χ0v) is 17.7. The maximum absolute atomic E-state index is 14.7. The zero-order chi connectivity index (χ0) is 21.0. The third-order valence-electron chi connectivity index (χ3n) is 4.86. The molecular formula is C22H29FN2O3. The van der Waals surface area contributed by atoms with Crippen molar-refractivity contribution in [3.8, 4) is 17.0 Å². The number of ether oxygens (including phenoxy) is 2. The highest BCUT2D eigenvalue weighted by molar-refractivity contribution is 5.92. The molecule has 0 unspecified atom stereocenters. The molecule has 0 bridgehead atoms. The van der Waals surface area contributed by atoms with Crippen molar-refractivity contribution < 1.29 is 18.7 Å². The Labute approximate surface area is 166 Å². The smallest absolute Gasteiger partial charge is 0.338 e. The highest BCUT2D eigenvalue weighted by Crippen LogP contribution is 2.32. The van der Waals surface area contributed by atoms with Gasteiger partial charge in [-0.25, -0.2) is 14.2 Å². The van der Waals surface area contributed by atoms with Crippen LogP contribution in [0.15, 0.2) is 24.4 Å². The molecule has 28 heavy (non-hydrogen) atoms. The molecule has 0 aliphatic heterocycles. The van der Waals surface area contributed by atoms with Gasteiger partial charge >= 0.3 is 5.97 Å². The van der Waals surface area contributed by atoms with Crippen molar-refractivity contribution in [3.63, 3.8) is 0 Å². The van der Waals surface area contributed by atoms with Crippen molar-refractivity contribution in [1.82, 2.24) is 9.88 Å². The summed E-state index contributed by atoms with van der Waals surface area (Å²) < 4.78 is 24.8. The minimum atomic E-state index is -0.437. The molecule has 1 aromatic heterocycles. The maximum Gasteiger partial charge on any atom is 0.338 e. The molecule has 6 heteroatoms. The lowest BCUT2D eigenvalue weighted by molar-refractivity contribution is 0.0599. The summed E-state index contributed by atoms with van der Waals surface area (Å²) in [5, 5.41) is 0. The fourth-order valence-corrected chi connectivity index (χ4v) is 3.36. The van der Waals surface area contributed by atoms with E-state index in [1.54, 1.807) is 12.1 Å². The van der Waals surface area contributed by atoms with Crippen LogP contribution in [0, 0.1) is 12.7 Å². The van der Waals surface area contributed by atoms with E-state index in [9.17, 15) is 9.18 Å². The first kappa shape index (κ1) is 21.8. The number of methoxy groups -OCH3 is 2. The van der Waals surface area contributed by atoms with Gasteiger partial charge in [0.1, 0.15) is 5.82 Å². The molecule has 2 rings (SSSR count). The van der Waals surface area contributed by atoms with E-state index >= 15 is 0 Å². The van der Waals surface area contributed by atoms with Crippen LogP contribution in [0.1, 0.15) is 49.2 Å². The van der Waals surface area contributed by atoms with E-state index in [0.29, 0.717) is 23.6 Å². The molecule has 0 N–H and O–H groups in total. The molecule has 0 aliphatic carbocycles. The van der Waals surface area contributed by atoms with Crippen LogP contribution in [-0.4, -0.2) is 42.2 Å². The second-order valence-electron chi connectivity index (χ2n) is 7.38. The summed E-state index contributed by atoms with van der Waals surface area (Å²) in [5.74, 6) is -0.506. The summed E-state index contributed by atoms with van der Waals surface area (Å²) in [6.45, 7) is 10.9. The number of carbonyl (C=O) groups is 1. The highest BCUT2D eigenvalue weighted by atomic mass is 19.1. The molecule has 1 heterocycles. The molecule has 0 radical (unpaired) electrons. The van der Waals surface area contributed by atoms with Gasteiger partial charge < -0.3 is 9.47 Å². The molecule has 2 aromatic rings. The van der Waals surface area contributed by atoms with Crippen LogP contribution in [0.5, 0.6) is 5.88 Å². The van der Waals surface area contributed by atoms with E-state index in [1.807, 2.05) is 13.0 Å². The number of carbonyl (C=O) groups excluding carboxylic acids is 1. The summed E-state index contributed by atoms with van der Waals surface area (Å²) in [5.41, 5.74) is 3.17. The molecule has 0 aliphatic rings. The van der Waals surface area contributed by atoms with Gasteiger partial charge in [-0.15, -0.1) is 0 Å². The summed E-state index contributed by atoms with van der Waals surface area (Å²) in [6, 6.07) is 5.79. The summed E-state index contributed by atoms with van der Waals surface area (Å²) in [6.07, 6.45) is 1.16. The SMILES string of the molecule is COC(=O)c1cc(CN(C(C)C)C(C)C)c(-c2cc(OC)ncc2F)cc1C. The molecule has 1 aromatic carbocycles. The topological polar surface area (TPSA) is 51.7 Å². The molecule has 0 spiro atoms. The number of hydrogen-bond acceptors (Lipinski definition) is 5. The lowest BCUT2D eigenvalue weighted by Crippen LogP contribution is -2.36. The third-order valence-corrected chi connectivity index (χ3v) is 4.86. The average Bonchev–Trinajstić information content (AvgIpc) is 2.65. The van der Waals surface area contributed by atoms with Crippen LogP contribution in [0.2, 0.25) is 0 Å². The Balaban J connectivity index is 2.70. The van der Waals surface area contributed by atoms with Gasteiger partial charge in [0, 0.05) is 30.3 Å². The zero-order valence-electron chi connectivity index (χ0n) is 17.7. The van der Waals surface area contributed by atoms with Crippen molar-refractivity contribution in [2.45, 2.75) is 53.2 Å². The van der Waals surface area contributed by atoms with E-state index < -0.39 is 11.8 Å². The van der Waals surface area contributed by atoms with Crippen molar-refractivity contribution in [3.05, 3.63) is 46.9 Å². The van der Waals surface area contributed by atoms with Crippen LogP contribution < -0.4 is 4.74 Å². The third kappa shape index (κ3) is 4.68. The highest BCUT2D eigenvalue weighted by Gasteiger charge is 2.21. The first-order chi connectivity index (χ1) is 13.2. The quantitative estimate of drug-likeness (QED) is 0.649. The first-order valence-electron chi connectivity index (χ1n) is 9.37. The number of pyridine rings is 1. The fourth-order valence-electron chi connectivity index (χ4n) is 3.36. The molecule has 0 saturated heterocycles. The number of hydrogen-bond donors (Lipinski definition) is 0. The lowest BCUT2D eigenvalue weighted by Gasteiger charge is -2.31. The van der Waals surface area contributed by atoms with Gasteiger partial charge in [0.25, 0.3) is 0 Å². The first-order valence-corrected chi connectivity index (χ1v) is 9.37. The van der Waals surface area contributed by atoms with Gasteiger partial charge in [-0.1, -0.05) is 6.07 Å². The molecule has 0 fully saturated rings. The van der Waals surface area contributed by atoms with Gasteiger partial charge in [0.2, 0.25) is 5.88 Å². The minimum absolute atomic E-state index is 0.285. The van der Waals surface area contributed by atoms with Crippen molar-refractivity contribution in [1.29, 1.82) is 0 Å². The minimum Gasteiger partial charge on any atom is -0.481 e. The predicted molar refractivity (Wildman–Crippen MR) is 108 cm³/mol. The van der Waals surface area contributed by atoms with E-state index in [-0.39, 0.29) is 12.1 Å². The standard InChI is InChI=1S/C22H29FN2O3/c1-13(2)25(14(3)4)12-16-9-17(22(26)28-7)15(5)8-18(16)19-10-21(27-6)24-11-20(19)23/h8-11,13-14H,12H2,1-7H3. The Morgan fingerprint density at radius 1 is 1.11 bits per heavy atom. The van der Waals surface area contributed by atoms with Crippen LogP contribution in [0.25, 0.3) is 11.1 Å². The number of aryl methyl sites for hydroxylation is 1. The number of halogens is 1. The summed E-state index contributed by atoms with van der Waals surface area (Å²) in [4.78, 5) is 18.4. The van der Waals surface area contributed by atoms with Crippen LogP contribution in [-0.2, 0) is 11.3 Å². The lowest BCUT2D eigenvalue weighted by atomic mass is 9.93. The van der Waals surface area contributed by atoms with Gasteiger partial charge in [0.05, 0.1) is 26.0 Å². The van der Waals surface area contributed by atoms with Crippen LogP contribution in [0.4, 0.5) is 4.39 Å². The molecule has 0 amide bonds. The molecule has 5 nitrogen and oxygen atoms in total. The van der Waals surface area contributed by atoms with Gasteiger partial charge in [-0.3, -0.25) is 4.90 Å². The Bertz CT molecular complexity index is 842.